The van der Waals surface area contributed by atoms with Crippen LogP contribution in [0.4, 0.5) is 0 Å². The maximum absolute atomic E-state index is 4.28. The van der Waals surface area contributed by atoms with Gasteiger partial charge < -0.3 is 4.90 Å². The molecule has 0 saturated carbocycles. The van der Waals surface area contributed by atoms with E-state index in [-0.39, 0.29) is 5.54 Å². The molecule has 1 atom stereocenters. The van der Waals surface area contributed by atoms with Crippen LogP contribution in [0.15, 0.2) is 47.7 Å². The fourth-order valence-electron chi connectivity index (χ4n) is 2.99. The third-order valence-electron chi connectivity index (χ3n) is 4.91. The van der Waals surface area contributed by atoms with Crippen molar-refractivity contribution in [2.75, 3.05) is 6.54 Å². The second kappa shape index (κ2) is 6.47. The summed E-state index contributed by atoms with van der Waals surface area (Å²) in [5, 5.41) is 0. The number of nitrogens with zero attached hydrogens (tertiary/aromatic N) is 1. The van der Waals surface area contributed by atoms with Crippen LogP contribution in [0.1, 0.15) is 54.4 Å². The second-order valence-corrected chi connectivity index (χ2v) is 6.69. The topological polar surface area (TPSA) is 3.24 Å². The highest BCUT2D eigenvalue weighted by atomic mass is 15.2. The van der Waals surface area contributed by atoms with Crippen LogP contribution in [0.25, 0.3) is 0 Å². The standard InChI is InChI=1S/C19H31N/c1-9-18-12-13-20(19(18,7)8)17(6)16(5)11-10-15(4)14(2)3/h10-11,18H,5-6,9,12-13H2,1-4,7-8H3/b11-10-. The van der Waals surface area contributed by atoms with Crippen molar-refractivity contribution in [3.63, 3.8) is 0 Å². The van der Waals surface area contributed by atoms with Crippen LogP contribution in [0, 0.1) is 5.92 Å². The summed E-state index contributed by atoms with van der Waals surface area (Å²) >= 11 is 0. The molecule has 112 valence electrons. The molecule has 0 spiro atoms. The van der Waals surface area contributed by atoms with Crippen molar-refractivity contribution in [1.82, 2.24) is 4.90 Å². The van der Waals surface area contributed by atoms with Crippen LogP contribution in [0.5, 0.6) is 0 Å². The highest BCUT2D eigenvalue weighted by Gasteiger charge is 2.40. The molecule has 0 aromatic rings. The van der Waals surface area contributed by atoms with E-state index in [1.165, 1.54) is 24.0 Å². The molecule has 1 aliphatic heterocycles. The normalized spacial score (nSPS) is 21.3. The zero-order valence-electron chi connectivity index (χ0n) is 14.2. The summed E-state index contributed by atoms with van der Waals surface area (Å²) < 4.78 is 0. The van der Waals surface area contributed by atoms with Crippen molar-refractivity contribution < 1.29 is 0 Å². The van der Waals surface area contributed by atoms with E-state index in [0.717, 1.165) is 23.7 Å². The Morgan fingerprint density at radius 1 is 1.20 bits per heavy atom. The van der Waals surface area contributed by atoms with Crippen LogP contribution in [0.3, 0.4) is 0 Å². The molecule has 0 aromatic carbocycles. The Morgan fingerprint density at radius 3 is 2.25 bits per heavy atom. The summed E-state index contributed by atoms with van der Waals surface area (Å²) in [6.45, 7) is 22.9. The molecule has 0 amide bonds. The first-order chi connectivity index (χ1) is 9.21. The van der Waals surface area contributed by atoms with Crippen molar-refractivity contribution in [3.8, 4) is 0 Å². The lowest BCUT2D eigenvalue weighted by molar-refractivity contribution is 0.181. The maximum Gasteiger partial charge on any atom is 0.0374 e. The van der Waals surface area contributed by atoms with Gasteiger partial charge >= 0.3 is 0 Å². The van der Waals surface area contributed by atoms with E-state index in [1.807, 2.05) is 0 Å². The molecule has 1 aliphatic rings. The quantitative estimate of drug-likeness (QED) is 0.600. The van der Waals surface area contributed by atoms with Gasteiger partial charge in [-0.2, -0.15) is 0 Å². The lowest BCUT2D eigenvalue weighted by atomic mass is 9.86. The van der Waals surface area contributed by atoms with Crippen molar-refractivity contribution in [2.45, 2.75) is 59.9 Å². The Kier molecular flexibility index (Phi) is 5.44. The van der Waals surface area contributed by atoms with Crippen molar-refractivity contribution >= 4 is 0 Å². The Hall–Kier alpha value is -1.24. The molecule has 1 heteroatoms. The van der Waals surface area contributed by atoms with Gasteiger partial charge in [-0.3, -0.25) is 0 Å². The number of allylic oxidation sites excluding steroid dienone is 4. The summed E-state index contributed by atoms with van der Waals surface area (Å²) in [5.74, 6) is 0.746. The molecule has 1 fully saturated rings. The number of likely N-dealkylation sites (tertiary alicyclic amines) is 1. The molecule has 1 saturated heterocycles. The number of hydrogen-bond acceptors (Lipinski definition) is 1. The first kappa shape index (κ1) is 16.8. The molecule has 0 bridgehead atoms. The highest BCUT2D eigenvalue weighted by molar-refractivity contribution is 5.39. The van der Waals surface area contributed by atoms with Crippen molar-refractivity contribution in [1.29, 1.82) is 0 Å². The van der Waals surface area contributed by atoms with Gasteiger partial charge in [-0.05, 0) is 52.5 Å². The van der Waals surface area contributed by atoms with Gasteiger partial charge in [0.15, 0.2) is 0 Å². The van der Waals surface area contributed by atoms with Gasteiger partial charge in [0.2, 0.25) is 0 Å². The molecule has 20 heavy (non-hydrogen) atoms. The molecule has 1 nitrogen and oxygen atoms in total. The third-order valence-corrected chi connectivity index (χ3v) is 4.91. The fourth-order valence-corrected chi connectivity index (χ4v) is 2.99. The van der Waals surface area contributed by atoms with E-state index in [0.29, 0.717) is 0 Å². The first-order valence-electron chi connectivity index (χ1n) is 7.69. The number of rotatable bonds is 5. The summed E-state index contributed by atoms with van der Waals surface area (Å²) in [6.07, 6.45) is 6.73. The average Bonchev–Trinajstić information content (AvgIpc) is 2.68. The van der Waals surface area contributed by atoms with Crippen molar-refractivity contribution in [2.24, 2.45) is 5.92 Å². The zero-order valence-corrected chi connectivity index (χ0v) is 14.2. The van der Waals surface area contributed by atoms with E-state index >= 15 is 0 Å². The predicted molar refractivity (Wildman–Crippen MR) is 90.7 cm³/mol. The monoisotopic (exact) mass is 273 g/mol. The third kappa shape index (κ3) is 3.45. The van der Waals surface area contributed by atoms with Gasteiger partial charge in [0, 0.05) is 17.8 Å². The smallest absolute Gasteiger partial charge is 0.0374 e. The van der Waals surface area contributed by atoms with Crippen LogP contribution >= 0.6 is 0 Å². The summed E-state index contributed by atoms with van der Waals surface area (Å²) in [6, 6.07) is 0. The van der Waals surface area contributed by atoms with Crippen LogP contribution in [-0.2, 0) is 0 Å². The highest BCUT2D eigenvalue weighted by Crippen LogP contribution is 2.40. The summed E-state index contributed by atoms with van der Waals surface area (Å²) in [7, 11) is 0. The SMILES string of the molecule is C=C(/C=C\C(C)=C(C)C)C(=C)N1CCC(CC)C1(C)C. The Morgan fingerprint density at radius 2 is 1.80 bits per heavy atom. The molecule has 0 aromatic heterocycles. The maximum atomic E-state index is 4.28. The Bertz CT molecular complexity index is 444. The van der Waals surface area contributed by atoms with Crippen LogP contribution in [0.2, 0.25) is 0 Å². The number of hydrogen-bond donors (Lipinski definition) is 0. The van der Waals surface area contributed by atoms with E-state index < -0.39 is 0 Å². The molecule has 0 radical (unpaired) electrons. The van der Waals surface area contributed by atoms with E-state index in [1.54, 1.807) is 0 Å². The minimum absolute atomic E-state index is 0.189. The van der Waals surface area contributed by atoms with Gasteiger partial charge in [-0.25, -0.2) is 0 Å². The Balaban J connectivity index is 2.82. The fraction of sp³-hybridized carbons (Fsp3) is 0.579. The molecule has 1 rings (SSSR count). The second-order valence-electron chi connectivity index (χ2n) is 6.69. The average molecular weight is 273 g/mol. The summed E-state index contributed by atoms with van der Waals surface area (Å²) in [5.41, 5.74) is 4.92. The minimum Gasteiger partial charge on any atom is -0.366 e. The van der Waals surface area contributed by atoms with E-state index in [2.05, 4.69) is 71.8 Å². The van der Waals surface area contributed by atoms with E-state index in [4.69, 9.17) is 0 Å². The lowest BCUT2D eigenvalue weighted by Gasteiger charge is -2.39. The first-order valence-corrected chi connectivity index (χ1v) is 7.69. The molecular weight excluding hydrogens is 242 g/mol. The van der Waals surface area contributed by atoms with Crippen LogP contribution < -0.4 is 0 Å². The van der Waals surface area contributed by atoms with Gasteiger partial charge in [-0.1, -0.05) is 49.8 Å². The molecular formula is C19H31N. The van der Waals surface area contributed by atoms with Gasteiger partial charge in [0.25, 0.3) is 0 Å². The van der Waals surface area contributed by atoms with Gasteiger partial charge in [0.1, 0.15) is 0 Å². The molecule has 0 N–H and O–H groups in total. The van der Waals surface area contributed by atoms with Crippen LogP contribution in [-0.4, -0.2) is 17.0 Å². The van der Waals surface area contributed by atoms with Gasteiger partial charge in [0.05, 0.1) is 0 Å². The largest absolute Gasteiger partial charge is 0.366 e. The molecule has 1 heterocycles. The molecule has 0 aliphatic carbocycles. The van der Waals surface area contributed by atoms with Crippen molar-refractivity contribution in [3.05, 3.63) is 47.7 Å². The molecule has 1 unspecified atom stereocenters. The summed E-state index contributed by atoms with van der Waals surface area (Å²) in [4.78, 5) is 2.44. The Labute approximate surface area is 125 Å². The van der Waals surface area contributed by atoms with E-state index in [9.17, 15) is 0 Å². The van der Waals surface area contributed by atoms with Gasteiger partial charge in [-0.15, -0.1) is 0 Å². The zero-order chi connectivity index (χ0) is 15.5. The minimum atomic E-state index is 0.189. The lowest BCUT2D eigenvalue weighted by Crippen LogP contribution is -2.41. The predicted octanol–water partition coefficient (Wildman–Crippen LogP) is 5.48.